The van der Waals surface area contributed by atoms with E-state index in [1.807, 2.05) is 24.0 Å². The summed E-state index contributed by atoms with van der Waals surface area (Å²) in [6, 6.07) is 6.91. The van der Waals surface area contributed by atoms with Crippen molar-refractivity contribution in [3.8, 4) is 0 Å². The van der Waals surface area contributed by atoms with Crippen LogP contribution in [0, 0.1) is 0 Å². The number of amides is 1. The minimum Gasteiger partial charge on any atom is -0.345 e. The van der Waals surface area contributed by atoms with Crippen molar-refractivity contribution in [2.45, 2.75) is 39.4 Å². The Morgan fingerprint density at radius 2 is 1.86 bits per heavy atom. The van der Waals surface area contributed by atoms with Crippen molar-refractivity contribution >= 4 is 5.91 Å². The molecule has 0 spiro atoms. The molecule has 1 atom stereocenters. The molecule has 0 aliphatic rings. The van der Waals surface area contributed by atoms with E-state index in [0.29, 0.717) is 6.54 Å². The van der Waals surface area contributed by atoms with Crippen molar-refractivity contribution in [3.05, 3.63) is 64.8 Å². The van der Waals surface area contributed by atoms with E-state index in [0.717, 1.165) is 12.0 Å². The van der Waals surface area contributed by atoms with Crippen LogP contribution >= 0.6 is 0 Å². The number of hydrogen-bond acceptors (Lipinski definition) is 3. The zero-order valence-corrected chi connectivity index (χ0v) is 13.0. The maximum atomic E-state index is 12.6. The standard InChI is InChI=1S/C17H21N3O2/c1-3-14(2)20(12-15-4-8-18-9-5-15)17(22)13-19-10-6-16(21)7-11-19/h4-11,14H,3,12-13H2,1-2H3. The van der Waals surface area contributed by atoms with Crippen LogP contribution in [-0.2, 0) is 17.9 Å². The molecule has 2 rings (SSSR count). The number of pyridine rings is 2. The molecule has 0 aliphatic heterocycles. The minimum atomic E-state index is -0.0562. The highest BCUT2D eigenvalue weighted by molar-refractivity contribution is 5.76. The summed E-state index contributed by atoms with van der Waals surface area (Å²) in [6.45, 7) is 4.91. The molecule has 22 heavy (non-hydrogen) atoms. The lowest BCUT2D eigenvalue weighted by Crippen LogP contribution is -2.39. The zero-order chi connectivity index (χ0) is 15.9. The van der Waals surface area contributed by atoms with Crippen LogP contribution in [0.25, 0.3) is 0 Å². The van der Waals surface area contributed by atoms with Crippen molar-refractivity contribution < 1.29 is 4.79 Å². The topological polar surface area (TPSA) is 55.2 Å². The highest BCUT2D eigenvalue weighted by atomic mass is 16.2. The Bertz CT molecular complexity index is 647. The molecule has 2 aromatic heterocycles. The van der Waals surface area contributed by atoms with Crippen molar-refractivity contribution in [2.75, 3.05) is 0 Å². The summed E-state index contributed by atoms with van der Waals surface area (Å²) in [5, 5.41) is 0. The molecule has 2 aromatic rings. The number of carbonyl (C=O) groups excluding carboxylic acids is 1. The van der Waals surface area contributed by atoms with Crippen LogP contribution in [0.5, 0.6) is 0 Å². The van der Waals surface area contributed by atoms with Crippen LogP contribution in [0.3, 0.4) is 0 Å². The van der Waals surface area contributed by atoms with Crippen LogP contribution in [0.4, 0.5) is 0 Å². The third-order valence-electron chi connectivity index (χ3n) is 3.72. The Kier molecular flexibility index (Phi) is 5.47. The largest absolute Gasteiger partial charge is 0.345 e. The quantitative estimate of drug-likeness (QED) is 0.820. The number of carbonyl (C=O) groups is 1. The first-order valence-corrected chi connectivity index (χ1v) is 7.44. The Morgan fingerprint density at radius 1 is 1.23 bits per heavy atom. The zero-order valence-electron chi connectivity index (χ0n) is 13.0. The molecular weight excluding hydrogens is 278 g/mol. The van der Waals surface area contributed by atoms with Gasteiger partial charge in [-0.15, -0.1) is 0 Å². The molecule has 1 unspecified atom stereocenters. The maximum absolute atomic E-state index is 12.6. The first-order valence-electron chi connectivity index (χ1n) is 7.44. The molecule has 0 bridgehead atoms. The Labute approximate surface area is 130 Å². The molecule has 0 N–H and O–H groups in total. The molecule has 2 heterocycles. The second-order valence-corrected chi connectivity index (χ2v) is 5.34. The normalized spacial score (nSPS) is 11.9. The fourth-order valence-corrected chi connectivity index (χ4v) is 2.19. The van der Waals surface area contributed by atoms with Gasteiger partial charge in [0.2, 0.25) is 5.91 Å². The van der Waals surface area contributed by atoms with Gasteiger partial charge in [0.05, 0.1) is 0 Å². The number of hydrogen-bond donors (Lipinski definition) is 0. The highest BCUT2D eigenvalue weighted by Gasteiger charge is 2.19. The highest BCUT2D eigenvalue weighted by Crippen LogP contribution is 2.11. The number of nitrogens with zero attached hydrogens (tertiary/aromatic N) is 3. The Hall–Kier alpha value is -2.43. The van der Waals surface area contributed by atoms with Crippen LogP contribution in [0.1, 0.15) is 25.8 Å². The molecule has 0 aromatic carbocycles. The summed E-state index contributed by atoms with van der Waals surface area (Å²) in [7, 11) is 0. The van der Waals surface area contributed by atoms with E-state index >= 15 is 0 Å². The molecule has 0 radical (unpaired) electrons. The summed E-state index contributed by atoms with van der Waals surface area (Å²) in [5.74, 6) is 0.0369. The molecule has 1 amide bonds. The molecule has 0 aliphatic carbocycles. The average molecular weight is 299 g/mol. The summed E-state index contributed by atoms with van der Waals surface area (Å²) in [6.07, 6.45) is 7.64. The van der Waals surface area contributed by atoms with E-state index in [2.05, 4.69) is 11.9 Å². The molecule has 0 saturated heterocycles. The van der Waals surface area contributed by atoms with Crippen LogP contribution in [0.2, 0.25) is 0 Å². The maximum Gasteiger partial charge on any atom is 0.243 e. The van der Waals surface area contributed by atoms with Crippen LogP contribution in [0.15, 0.2) is 53.8 Å². The molecule has 5 nitrogen and oxygen atoms in total. The molecule has 116 valence electrons. The lowest BCUT2D eigenvalue weighted by molar-refractivity contribution is -0.134. The second kappa shape index (κ2) is 7.54. The summed E-state index contributed by atoms with van der Waals surface area (Å²) in [5.41, 5.74) is 1.00. The van der Waals surface area contributed by atoms with Gasteiger partial charge in [-0.25, -0.2) is 0 Å². The van der Waals surface area contributed by atoms with E-state index in [-0.39, 0.29) is 23.9 Å². The van der Waals surface area contributed by atoms with Gasteiger partial charge in [-0.3, -0.25) is 14.6 Å². The summed E-state index contributed by atoms with van der Waals surface area (Å²) in [4.78, 5) is 29.6. The Balaban J connectivity index is 2.12. The summed E-state index contributed by atoms with van der Waals surface area (Å²) < 4.78 is 1.73. The van der Waals surface area contributed by atoms with Gasteiger partial charge in [-0.05, 0) is 31.0 Å². The van der Waals surface area contributed by atoms with Crippen molar-refractivity contribution in [3.63, 3.8) is 0 Å². The molecular formula is C17H21N3O2. The van der Waals surface area contributed by atoms with E-state index in [1.165, 1.54) is 12.1 Å². The van der Waals surface area contributed by atoms with Gasteiger partial charge in [0.25, 0.3) is 0 Å². The lowest BCUT2D eigenvalue weighted by Gasteiger charge is -2.29. The monoisotopic (exact) mass is 299 g/mol. The van der Waals surface area contributed by atoms with Gasteiger partial charge >= 0.3 is 0 Å². The predicted molar refractivity (Wildman–Crippen MR) is 85.2 cm³/mol. The number of rotatable bonds is 6. The van der Waals surface area contributed by atoms with E-state index in [1.54, 1.807) is 29.4 Å². The molecule has 0 fully saturated rings. The van der Waals surface area contributed by atoms with Crippen LogP contribution < -0.4 is 5.43 Å². The third kappa shape index (κ3) is 4.28. The van der Waals surface area contributed by atoms with Crippen molar-refractivity contribution in [2.24, 2.45) is 0 Å². The van der Waals surface area contributed by atoms with Gasteiger partial charge < -0.3 is 9.47 Å². The first kappa shape index (κ1) is 15.9. The van der Waals surface area contributed by atoms with E-state index < -0.39 is 0 Å². The van der Waals surface area contributed by atoms with Gasteiger partial charge in [-0.1, -0.05) is 6.92 Å². The number of aromatic nitrogens is 2. The van der Waals surface area contributed by atoms with Crippen molar-refractivity contribution in [1.82, 2.24) is 14.5 Å². The Morgan fingerprint density at radius 3 is 2.45 bits per heavy atom. The van der Waals surface area contributed by atoms with Gasteiger partial charge in [0, 0.05) is 49.5 Å². The smallest absolute Gasteiger partial charge is 0.243 e. The average Bonchev–Trinajstić information content (AvgIpc) is 2.55. The van der Waals surface area contributed by atoms with E-state index in [9.17, 15) is 9.59 Å². The minimum absolute atomic E-state index is 0.0369. The lowest BCUT2D eigenvalue weighted by atomic mass is 10.1. The van der Waals surface area contributed by atoms with Gasteiger partial charge in [0.15, 0.2) is 5.43 Å². The van der Waals surface area contributed by atoms with E-state index in [4.69, 9.17) is 0 Å². The predicted octanol–water partition coefficient (Wildman–Crippen LogP) is 2.07. The third-order valence-corrected chi connectivity index (χ3v) is 3.72. The fraction of sp³-hybridized carbons (Fsp3) is 0.353. The van der Waals surface area contributed by atoms with Crippen LogP contribution in [-0.4, -0.2) is 26.4 Å². The summed E-state index contributed by atoms with van der Waals surface area (Å²) >= 11 is 0. The molecule has 0 saturated carbocycles. The van der Waals surface area contributed by atoms with Gasteiger partial charge in [-0.2, -0.15) is 0 Å². The van der Waals surface area contributed by atoms with Crippen molar-refractivity contribution in [1.29, 1.82) is 0 Å². The fourth-order valence-electron chi connectivity index (χ4n) is 2.19. The SMILES string of the molecule is CCC(C)N(Cc1ccncc1)C(=O)Cn1ccc(=O)cc1. The molecule has 5 heteroatoms. The second-order valence-electron chi connectivity index (χ2n) is 5.34. The van der Waals surface area contributed by atoms with Gasteiger partial charge in [0.1, 0.15) is 6.54 Å². The first-order chi connectivity index (χ1) is 10.6.